The molecule has 2 N–H and O–H groups in total. The van der Waals surface area contributed by atoms with Crippen molar-refractivity contribution in [3.05, 3.63) is 64.1 Å². The van der Waals surface area contributed by atoms with E-state index in [4.69, 9.17) is 0 Å². The van der Waals surface area contributed by atoms with E-state index >= 15 is 0 Å². The number of carbonyl (C=O) groups excluding carboxylic acids is 1. The van der Waals surface area contributed by atoms with Crippen LogP contribution in [0.4, 0.5) is 18.9 Å². The molecular formula is C14H11F3N2O2. The molecule has 0 aliphatic carbocycles. The monoisotopic (exact) mass is 296 g/mol. The van der Waals surface area contributed by atoms with Crippen molar-refractivity contribution in [2.75, 3.05) is 5.32 Å². The molecule has 0 aliphatic heterocycles. The zero-order chi connectivity index (χ0) is 15.5. The van der Waals surface area contributed by atoms with Gasteiger partial charge in [-0.15, -0.1) is 0 Å². The minimum Gasteiger partial charge on any atom is -0.327 e. The molecule has 2 rings (SSSR count). The van der Waals surface area contributed by atoms with Crippen molar-refractivity contribution in [2.24, 2.45) is 0 Å². The minimum absolute atomic E-state index is 0.0312. The van der Waals surface area contributed by atoms with Crippen LogP contribution in [0.5, 0.6) is 0 Å². The number of aromatic amines is 1. The third kappa shape index (κ3) is 3.95. The maximum atomic E-state index is 12.5. The molecule has 110 valence electrons. The normalized spacial score (nSPS) is 11.2. The van der Waals surface area contributed by atoms with Gasteiger partial charge in [-0.3, -0.25) is 9.59 Å². The Morgan fingerprint density at radius 2 is 1.86 bits per heavy atom. The number of halogens is 3. The van der Waals surface area contributed by atoms with E-state index in [1.807, 2.05) is 4.98 Å². The Labute approximate surface area is 117 Å². The van der Waals surface area contributed by atoms with E-state index in [0.717, 1.165) is 0 Å². The molecule has 0 unspecified atom stereocenters. The highest BCUT2D eigenvalue weighted by molar-refractivity contribution is 5.92. The highest BCUT2D eigenvalue weighted by Gasteiger charge is 2.31. The number of alkyl halides is 3. The average molecular weight is 296 g/mol. The molecule has 4 nitrogen and oxygen atoms in total. The standard InChI is InChI=1S/C14H11F3N2O2/c15-14(16,17)10-7-11(13(21)18-8-10)19-12(20)6-9-4-2-1-3-5-9/h1-5,7-8H,6H2,(H,18,21)(H,19,20). The van der Waals surface area contributed by atoms with Crippen molar-refractivity contribution in [2.45, 2.75) is 12.6 Å². The van der Waals surface area contributed by atoms with E-state index in [2.05, 4.69) is 5.32 Å². The van der Waals surface area contributed by atoms with Crippen LogP contribution in [-0.4, -0.2) is 10.9 Å². The molecule has 1 amide bonds. The first-order valence-corrected chi connectivity index (χ1v) is 6.00. The lowest BCUT2D eigenvalue weighted by Gasteiger charge is -2.09. The van der Waals surface area contributed by atoms with Gasteiger partial charge in [-0.05, 0) is 11.6 Å². The van der Waals surface area contributed by atoms with Crippen LogP contribution in [-0.2, 0) is 17.4 Å². The van der Waals surface area contributed by atoms with E-state index < -0.39 is 28.9 Å². The predicted molar refractivity (Wildman–Crippen MR) is 70.8 cm³/mol. The molecule has 0 bridgehead atoms. The largest absolute Gasteiger partial charge is 0.417 e. The lowest BCUT2D eigenvalue weighted by atomic mass is 10.1. The molecule has 0 fully saturated rings. The number of aromatic nitrogens is 1. The minimum atomic E-state index is -4.59. The van der Waals surface area contributed by atoms with Gasteiger partial charge >= 0.3 is 6.18 Å². The lowest BCUT2D eigenvalue weighted by molar-refractivity contribution is -0.137. The zero-order valence-corrected chi connectivity index (χ0v) is 10.7. The number of rotatable bonds is 3. The van der Waals surface area contributed by atoms with Crippen molar-refractivity contribution in [3.8, 4) is 0 Å². The van der Waals surface area contributed by atoms with Crippen LogP contribution in [0.25, 0.3) is 0 Å². The Morgan fingerprint density at radius 3 is 2.48 bits per heavy atom. The van der Waals surface area contributed by atoms with Gasteiger partial charge in [-0.2, -0.15) is 13.2 Å². The molecule has 0 saturated heterocycles. The summed E-state index contributed by atoms with van der Waals surface area (Å²) < 4.78 is 37.6. The van der Waals surface area contributed by atoms with Gasteiger partial charge in [0.2, 0.25) is 5.91 Å². The first-order valence-electron chi connectivity index (χ1n) is 6.00. The first kappa shape index (κ1) is 14.8. The second-order valence-electron chi connectivity index (χ2n) is 4.34. The number of carbonyl (C=O) groups is 1. The molecule has 0 spiro atoms. The molecule has 0 atom stereocenters. The van der Waals surface area contributed by atoms with Crippen LogP contribution >= 0.6 is 0 Å². The summed E-state index contributed by atoms with van der Waals surface area (Å²) in [5, 5.41) is 2.19. The second kappa shape index (κ2) is 5.82. The number of benzene rings is 1. The predicted octanol–water partition coefficient (Wildman–Crippen LogP) is 2.57. The van der Waals surface area contributed by atoms with Crippen molar-refractivity contribution in [3.63, 3.8) is 0 Å². The summed E-state index contributed by atoms with van der Waals surface area (Å²) in [6, 6.07) is 9.27. The number of pyridine rings is 1. The van der Waals surface area contributed by atoms with Gasteiger partial charge in [0.05, 0.1) is 12.0 Å². The van der Waals surface area contributed by atoms with Gasteiger partial charge in [0.25, 0.3) is 5.56 Å². The number of hydrogen-bond acceptors (Lipinski definition) is 2. The Morgan fingerprint density at radius 1 is 1.19 bits per heavy atom. The van der Waals surface area contributed by atoms with Crippen molar-refractivity contribution in [1.29, 1.82) is 0 Å². The van der Waals surface area contributed by atoms with E-state index in [0.29, 0.717) is 17.8 Å². The molecule has 1 aromatic carbocycles. The molecule has 1 aromatic heterocycles. The SMILES string of the molecule is O=C(Cc1ccccc1)Nc1cc(C(F)(F)F)c[nH]c1=O. The maximum Gasteiger partial charge on any atom is 0.417 e. The summed E-state index contributed by atoms with van der Waals surface area (Å²) in [7, 11) is 0. The van der Waals surface area contributed by atoms with Crippen LogP contribution in [0, 0.1) is 0 Å². The fourth-order valence-electron chi connectivity index (χ4n) is 1.72. The topological polar surface area (TPSA) is 62.0 Å². The van der Waals surface area contributed by atoms with Crippen molar-refractivity contribution in [1.82, 2.24) is 4.98 Å². The summed E-state index contributed by atoms with van der Waals surface area (Å²) in [6.45, 7) is 0. The number of amides is 1. The van der Waals surface area contributed by atoms with E-state index in [1.54, 1.807) is 30.3 Å². The van der Waals surface area contributed by atoms with Crippen molar-refractivity contribution >= 4 is 11.6 Å². The Hall–Kier alpha value is -2.57. The maximum absolute atomic E-state index is 12.5. The summed E-state index contributed by atoms with van der Waals surface area (Å²) in [5.41, 5.74) is -1.55. The molecule has 7 heteroatoms. The van der Waals surface area contributed by atoms with Crippen LogP contribution in [0.3, 0.4) is 0 Å². The zero-order valence-electron chi connectivity index (χ0n) is 10.7. The smallest absolute Gasteiger partial charge is 0.327 e. The molecule has 21 heavy (non-hydrogen) atoms. The number of nitrogens with one attached hydrogen (secondary N) is 2. The highest BCUT2D eigenvalue weighted by Crippen LogP contribution is 2.29. The molecule has 2 aromatic rings. The van der Waals surface area contributed by atoms with Crippen LogP contribution in [0.2, 0.25) is 0 Å². The fourth-order valence-corrected chi connectivity index (χ4v) is 1.72. The number of anilines is 1. The van der Waals surface area contributed by atoms with Gasteiger partial charge in [0.15, 0.2) is 0 Å². The Kier molecular flexibility index (Phi) is 4.11. The van der Waals surface area contributed by atoms with Crippen molar-refractivity contribution < 1.29 is 18.0 Å². The lowest BCUT2D eigenvalue weighted by Crippen LogP contribution is -2.22. The average Bonchev–Trinajstić information content (AvgIpc) is 2.41. The molecule has 0 radical (unpaired) electrons. The first-order chi connectivity index (χ1) is 9.86. The molecular weight excluding hydrogens is 285 g/mol. The van der Waals surface area contributed by atoms with Gasteiger partial charge < -0.3 is 10.3 Å². The quantitative estimate of drug-likeness (QED) is 0.914. The molecule has 1 heterocycles. The van der Waals surface area contributed by atoms with Crippen LogP contribution < -0.4 is 10.9 Å². The Balaban J connectivity index is 2.16. The molecule has 0 aliphatic rings. The summed E-state index contributed by atoms with van der Waals surface area (Å²) in [5.74, 6) is -0.564. The second-order valence-corrected chi connectivity index (χ2v) is 4.34. The van der Waals surface area contributed by atoms with Gasteiger partial charge in [-0.1, -0.05) is 30.3 Å². The van der Waals surface area contributed by atoms with Gasteiger partial charge in [-0.25, -0.2) is 0 Å². The fraction of sp³-hybridized carbons (Fsp3) is 0.143. The summed E-state index contributed by atoms with van der Waals surface area (Å²) in [6.07, 6.45) is -4.06. The van der Waals surface area contributed by atoms with Crippen LogP contribution in [0.15, 0.2) is 47.4 Å². The van der Waals surface area contributed by atoms with E-state index in [1.165, 1.54) is 0 Å². The Bertz CT molecular complexity index is 693. The van der Waals surface area contributed by atoms with Gasteiger partial charge in [0.1, 0.15) is 5.69 Å². The summed E-state index contributed by atoms with van der Waals surface area (Å²) >= 11 is 0. The number of H-pyrrole nitrogens is 1. The number of hydrogen-bond donors (Lipinski definition) is 2. The van der Waals surface area contributed by atoms with Gasteiger partial charge in [0, 0.05) is 6.20 Å². The molecule has 0 saturated carbocycles. The van der Waals surface area contributed by atoms with E-state index in [-0.39, 0.29) is 6.42 Å². The third-order valence-electron chi connectivity index (χ3n) is 2.71. The van der Waals surface area contributed by atoms with Crippen LogP contribution in [0.1, 0.15) is 11.1 Å². The van der Waals surface area contributed by atoms with E-state index in [9.17, 15) is 22.8 Å². The highest BCUT2D eigenvalue weighted by atomic mass is 19.4. The summed E-state index contributed by atoms with van der Waals surface area (Å²) in [4.78, 5) is 25.2. The third-order valence-corrected chi connectivity index (χ3v) is 2.71.